The van der Waals surface area contributed by atoms with Gasteiger partial charge >= 0.3 is 11.9 Å². The van der Waals surface area contributed by atoms with Gasteiger partial charge in [-0.2, -0.15) is 18.2 Å². The second-order valence-corrected chi connectivity index (χ2v) is 13.4. The van der Waals surface area contributed by atoms with E-state index >= 15 is 0 Å². The van der Waals surface area contributed by atoms with Gasteiger partial charge in [0.1, 0.15) is 11.6 Å². The van der Waals surface area contributed by atoms with Crippen molar-refractivity contribution in [2.75, 3.05) is 43.4 Å². The standard InChI is InChI=1S/C32H33F6N5O2S/c1-4-26(44)41-11-18(3)42(12-17(41)2)30-23-10-24(32(36,37)38)27(20-5-7-21(33)8-6-20)29-28(23)43(31(45)39-30)22(16-46-29)9-19-13-40(14-19)15-25(34)35/h4-8,10,17-19,22,25H,1,9,11-16H2,2-3H3/t17-,18+,22+/m1/s1. The summed E-state index contributed by atoms with van der Waals surface area (Å²) >= 11 is 1.21. The lowest BCUT2D eigenvalue weighted by Crippen LogP contribution is -2.58. The molecule has 4 heterocycles. The summed E-state index contributed by atoms with van der Waals surface area (Å²) in [6.07, 6.45) is -5.56. The predicted molar refractivity (Wildman–Crippen MR) is 165 cm³/mol. The molecular formula is C32H33F6N5O2S. The molecule has 0 radical (unpaired) electrons. The molecule has 0 spiro atoms. The topological polar surface area (TPSA) is 61.7 Å². The summed E-state index contributed by atoms with van der Waals surface area (Å²) < 4.78 is 85.7. The number of hydrogen-bond acceptors (Lipinski definition) is 6. The van der Waals surface area contributed by atoms with Crippen LogP contribution >= 0.6 is 11.8 Å². The van der Waals surface area contributed by atoms with Gasteiger partial charge in [0.2, 0.25) is 5.91 Å². The van der Waals surface area contributed by atoms with Gasteiger partial charge in [0, 0.05) is 65.9 Å². The molecule has 6 rings (SSSR count). The molecule has 0 unspecified atom stereocenters. The van der Waals surface area contributed by atoms with Crippen LogP contribution in [0.4, 0.5) is 32.2 Å². The van der Waals surface area contributed by atoms with Crippen molar-refractivity contribution in [1.82, 2.24) is 19.4 Å². The number of thioether (sulfide) groups is 1. The number of benzene rings is 2. The summed E-state index contributed by atoms with van der Waals surface area (Å²) in [5.41, 5.74) is -1.20. The number of aromatic nitrogens is 2. The largest absolute Gasteiger partial charge is 0.417 e. The van der Waals surface area contributed by atoms with Gasteiger partial charge in [-0.3, -0.25) is 14.3 Å². The normalized spacial score (nSPS) is 22.4. The molecule has 2 aromatic carbocycles. The molecule has 2 fully saturated rings. The van der Waals surface area contributed by atoms with Gasteiger partial charge in [0.25, 0.3) is 6.43 Å². The van der Waals surface area contributed by atoms with E-state index in [0.29, 0.717) is 25.0 Å². The van der Waals surface area contributed by atoms with Crippen LogP contribution in [0.1, 0.15) is 31.9 Å². The number of amides is 1. The third kappa shape index (κ3) is 5.89. The minimum Gasteiger partial charge on any atom is -0.349 e. The van der Waals surface area contributed by atoms with Gasteiger partial charge in [-0.1, -0.05) is 18.7 Å². The van der Waals surface area contributed by atoms with E-state index in [4.69, 9.17) is 0 Å². The fourth-order valence-electron chi connectivity index (χ4n) is 7.01. The monoisotopic (exact) mass is 665 g/mol. The summed E-state index contributed by atoms with van der Waals surface area (Å²) in [6, 6.07) is 4.67. The SMILES string of the molecule is C=CC(=O)N1C[C@H](C)N(c2nc(=O)n3c4c(c(-c5ccc(F)cc5)c(C(F)(F)F)cc24)SC[C@@H]3CC2CN(CC(F)F)C2)C[C@H]1C. The molecule has 0 aliphatic carbocycles. The van der Waals surface area contributed by atoms with E-state index in [0.717, 1.165) is 18.2 Å². The summed E-state index contributed by atoms with van der Waals surface area (Å²) in [5, 5.41) is 0.153. The van der Waals surface area contributed by atoms with Crippen molar-refractivity contribution >= 4 is 34.4 Å². The van der Waals surface area contributed by atoms with E-state index in [2.05, 4.69) is 11.6 Å². The zero-order chi connectivity index (χ0) is 33.1. The Morgan fingerprint density at radius 2 is 1.80 bits per heavy atom. The number of hydrogen-bond donors (Lipinski definition) is 0. The van der Waals surface area contributed by atoms with Crippen molar-refractivity contribution in [3.05, 3.63) is 64.9 Å². The van der Waals surface area contributed by atoms with Gasteiger partial charge in [-0.25, -0.2) is 18.0 Å². The van der Waals surface area contributed by atoms with Crippen molar-refractivity contribution in [1.29, 1.82) is 0 Å². The second-order valence-electron chi connectivity index (χ2n) is 12.3. The first-order chi connectivity index (χ1) is 21.8. The molecule has 246 valence electrons. The molecular weight excluding hydrogens is 632 g/mol. The number of halogens is 6. The van der Waals surface area contributed by atoms with Crippen LogP contribution in [0.15, 0.2) is 52.7 Å². The Labute approximate surface area is 265 Å². The number of alkyl halides is 5. The van der Waals surface area contributed by atoms with E-state index in [-0.39, 0.29) is 76.5 Å². The number of rotatable bonds is 7. The van der Waals surface area contributed by atoms with Gasteiger partial charge in [-0.05, 0) is 56.0 Å². The molecule has 1 amide bonds. The van der Waals surface area contributed by atoms with Crippen molar-refractivity contribution < 1.29 is 31.1 Å². The average Bonchev–Trinajstić information content (AvgIpc) is 2.98. The maximum Gasteiger partial charge on any atom is 0.417 e. The highest BCUT2D eigenvalue weighted by Gasteiger charge is 2.41. The van der Waals surface area contributed by atoms with Crippen LogP contribution in [0.2, 0.25) is 0 Å². The molecule has 3 aromatic rings. The Balaban J connectivity index is 1.53. The van der Waals surface area contributed by atoms with E-state index < -0.39 is 35.7 Å². The fraction of sp³-hybridized carbons (Fsp3) is 0.469. The van der Waals surface area contributed by atoms with Gasteiger partial charge in [-0.15, -0.1) is 11.8 Å². The quantitative estimate of drug-likeness (QED) is 0.226. The van der Waals surface area contributed by atoms with Crippen LogP contribution in [0.3, 0.4) is 0 Å². The zero-order valence-corrected chi connectivity index (χ0v) is 26.1. The van der Waals surface area contributed by atoms with Crippen molar-refractivity contribution in [2.45, 2.75) is 55.9 Å². The Bertz CT molecular complexity index is 1720. The number of carbonyl (C=O) groups excluding carboxylic acids is 1. The van der Waals surface area contributed by atoms with Crippen LogP contribution in [-0.4, -0.2) is 82.2 Å². The van der Waals surface area contributed by atoms with Crippen LogP contribution in [0.25, 0.3) is 22.0 Å². The third-order valence-electron chi connectivity index (χ3n) is 9.12. The molecule has 0 saturated carbocycles. The van der Waals surface area contributed by atoms with Crippen LogP contribution in [0.5, 0.6) is 0 Å². The smallest absolute Gasteiger partial charge is 0.349 e. The summed E-state index contributed by atoms with van der Waals surface area (Å²) in [7, 11) is 0. The van der Waals surface area contributed by atoms with Crippen molar-refractivity contribution in [2.24, 2.45) is 5.92 Å². The predicted octanol–water partition coefficient (Wildman–Crippen LogP) is 6.07. The van der Waals surface area contributed by atoms with Crippen LogP contribution < -0.4 is 10.6 Å². The Hall–Kier alpha value is -3.52. The lowest BCUT2D eigenvalue weighted by Gasteiger charge is -2.45. The highest BCUT2D eigenvalue weighted by molar-refractivity contribution is 7.99. The first kappa shape index (κ1) is 32.4. The minimum atomic E-state index is -4.79. The van der Waals surface area contributed by atoms with E-state index in [9.17, 15) is 35.9 Å². The minimum absolute atomic E-state index is 0.0369. The molecule has 14 heteroatoms. The Kier molecular flexibility index (Phi) is 8.64. The molecule has 2 saturated heterocycles. The van der Waals surface area contributed by atoms with Gasteiger partial charge < -0.3 is 9.80 Å². The summed E-state index contributed by atoms with van der Waals surface area (Å²) in [6.45, 7) is 8.22. The van der Waals surface area contributed by atoms with E-state index in [1.54, 1.807) is 14.7 Å². The number of nitrogens with zero attached hydrogens (tertiary/aromatic N) is 5. The first-order valence-electron chi connectivity index (χ1n) is 15.1. The van der Waals surface area contributed by atoms with Crippen LogP contribution in [-0.2, 0) is 11.0 Å². The number of piperazine rings is 1. The Morgan fingerprint density at radius 1 is 1.11 bits per heavy atom. The molecule has 3 atom stereocenters. The molecule has 46 heavy (non-hydrogen) atoms. The molecule has 0 N–H and O–H groups in total. The lowest BCUT2D eigenvalue weighted by atomic mass is 9.91. The molecule has 3 aliphatic rings. The van der Waals surface area contributed by atoms with Gasteiger partial charge in [0.15, 0.2) is 0 Å². The maximum absolute atomic E-state index is 14.9. The Morgan fingerprint density at radius 3 is 2.43 bits per heavy atom. The maximum atomic E-state index is 14.9. The first-order valence-corrected chi connectivity index (χ1v) is 16.0. The average molecular weight is 666 g/mol. The molecule has 1 aromatic heterocycles. The van der Waals surface area contributed by atoms with Crippen molar-refractivity contribution in [3.63, 3.8) is 0 Å². The number of carbonyl (C=O) groups is 1. The molecule has 0 bridgehead atoms. The molecule has 3 aliphatic heterocycles. The number of likely N-dealkylation sites (tertiary alicyclic amines) is 1. The molecule has 7 nitrogen and oxygen atoms in total. The van der Waals surface area contributed by atoms with E-state index in [1.807, 2.05) is 13.8 Å². The highest BCUT2D eigenvalue weighted by Crippen LogP contribution is 2.50. The second kappa shape index (κ2) is 12.3. The lowest BCUT2D eigenvalue weighted by molar-refractivity contribution is -0.137. The highest BCUT2D eigenvalue weighted by atomic mass is 32.2. The van der Waals surface area contributed by atoms with Gasteiger partial charge in [0.05, 0.1) is 17.6 Å². The number of anilines is 1. The van der Waals surface area contributed by atoms with E-state index in [1.165, 1.54) is 34.5 Å². The van der Waals surface area contributed by atoms with Crippen LogP contribution in [0, 0.1) is 11.7 Å². The zero-order valence-electron chi connectivity index (χ0n) is 25.2. The summed E-state index contributed by atoms with van der Waals surface area (Å²) in [5.74, 6) is -0.447. The van der Waals surface area contributed by atoms with Crippen molar-refractivity contribution in [3.8, 4) is 11.1 Å². The third-order valence-corrected chi connectivity index (χ3v) is 10.4. The summed E-state index contributed by atoms with van der Waals surface area (Å²) in [4.78, 5) is 36.1. The fourth-order valence-corrected chi connectivity index (χ4v) is 8.37.